The molecule has 142 valence electrons. The number of benzene rings is 2. The lowest BCUT2D eigenvalue weighted by Crippen LogP contribution is -3.13. The van der Waals surface area contributed by atoms with E-state index in [4.69, 9.17) is 11.6 Å². The Morgan fingerprint density at radius 1 is 1.11 bits per heavy atom. The van der Waals surface area contributed by atoms with Crippen LogP contribution in [0.2, 0.25) is 5.02 Å². The van der Waals surface area contributed by atoms with Crippen molar-refractivity contribution in [2.45, 2.75) is 13.5 Å². The number of nitrogens with zero attached hydrogens (tertiary/aromatic N) is 1. The van der Waals surface area contributed by atoms with Crippen LogP contribution in [0.15, 0.2) is 48.5 Å². The van der Waals surface area contributed by atoms with Crippen LogP contribution in [0.1, 0.15) is 21.5 Å². The van der Waals surface area contributed by atoms with E-state index in [-0.39, 0.29) is 18.4 Å². The maximum atomic E-state index is 12.4. The van der Waals surface area contributed by atoms with E-state index >= 15 is 0 Å². The summed E-state index contributed by atoms with van der Waals surface area (Å²) in [5.74, 6) is -0.241. The Bertz CT molecular complexity index is 817. The Hall–Kier alpha value is -2.37. The van der Waals surface area contributed by atoms with Crippen LogP contribution in [-0.4, -0.2) is 49.4 Å². The molecule has 0 radical (unpaired) electrons. The monoisotopic (exact) mass is 386 g/mol. The van der Waals surface area contributed by atoms with Crippen LogP contribution >= 0.6 is 11.6 Å². The van der Waals surface area contributed by atoms with Crippen molar-refractivity contribution in [1.82, 2.24) is 10.2 Å². The highest BCUT2D eigenvalue weighted by atomic mass is 35.5. The quantitative estimate of drug-likeness (QED) is 0.814. The number of amides is 2. The highest BCUT2D eigenvalue weighted by Crippen LogP contribution is 2.09. The second-order valence-corrected chi connectivity index (χ2v) is 7.43. The first kappa shape index (κ1) is 19.4. The van der Waals surface area contributed by atoms with Gasteiger partial charge in [0.05, 0.1) is 32.7 Å². The molecular formula is C21H25ClN3O2+. The fourth-order valence-corrected chi connectivity index (χ4v) is 3.55. The molecular weight excluding hydrogens is 362 g/mol. The van der Waals surface area contributed by atoms with Crippen LogP contribution in [0, 0.1) is 6.92 Å². The Kier molecular flexibility index (Phi) is 6.48. The Balaban J connectivity index is 1.43. The molecule has 2 N–H and O–H groups in total. The summed E-state index contributed by atoms with van der Waals surface area (Å²) >= 11 is 6.04. The minimum absolute atomic E-state index is 0.0298. The van der Waals surface area contributed by atoms with Crippen LogP contribution in [0.5, 0.6) is 0 Å². The van der Waals surface area contributed by atoms with Crippen LogP contribution in [-0.2, 0) is 11.3 Å². The van der Waals surface area contributed by atoms with Gasteiger partial charge < -0.3 is 15.1 Å². The van der Waals surface area contributed by atoms with Gasteiger partial charge in [-0.25, -0.2) is 0 Å². The van der Waals surface area contributed by atoms with Crippen LogP contribution < -0.4 is 10.2 Å². The summed E-state index contributed by atoms with van der Waals surface area (Å²) in [4.78, 5) is 27.8. The van der Waals surface area contributed by atoms with Crippen molar-refractivity contribution in [3.63, 3.8) is 0 Å². The third-order valence-corrected chi connectivity index (χ3v) is 5.08. The molecule has 0 bridgehead atoms. The zero-order valence-corrected chi connectivity index (χ0v) is 16.3. The number of quaternary nitrogens is 1. The largest absolute Gasteiger partial charge is 0.343 e. The van der Waals surface area contributed by atoms with Gasteiger partial charge in [-0.1, -0.05) is 41.4 Å². The molecule has 1 aliphatic heterocycles. The van der Waals surface area contributed by atoms with Gasteiger partial charge in [-0.2, -0.15) is 0 Å². The topological polar surface area (TPSA) is 53.9 Å². The van der Waals surface area contributed by atoms with Crippen molar-refractivity contribution < 1.29 is 14.5 Å². The van der Waals surface area contributed by atoms with Gasteiger partial charge in [-0.05, 0) is 31.2 Å². The molecule has 3 rings (SSSR count). The number of hydrogen-bond acceptors (Lipinski definition) is 2. The van der Waals surface area contributed by atoms with E-state index in [1.54, 1.807) is 6.07 Å². The van der Waals surface area contributed by atoms with Gasteiger partial charge >= 0.3 is 0 Å². The molecule has 1 saturated heterocycles. The summed E-state index contributed by atoms with van der Waals surface area (Å²) in [5, 5.41) is 3.48. The van der Waals surface area contributed by atoms with E-state index in [2.05, 4.69) is 11.4 Å². The first-order chi connectivity index (χ1) is 13.0. The average Bonchev–Trinajstić information content (AvgIpc) is 2.66. The Morgan fingerprint density at radius 2 is 1.85 bits per heavy atom. The van der Waals surface area contributed by atoms with Crippen LogP contribution in [0.4, 0.5) is 0 Å². The fraction of sp³-hybridized carbons (Fsp3) is 0.333. The van der Waals surface area contributed by atoms with Crippen LogP contribution in [0.25, 0.3) is 0 Å². The predicted molar refractivity (Wildman–Crippen MR) is 106 cm³/mol. The Labute approximate surface area is 164 Å². The fourth-order valence-electron chi connectivity index (χ4n) is 3.34. The van der Waals surface area contributed by atoms with Crippen LogP contribution in [0.3, 0.4) is 0 Å². The van der Waals surface area contributed by atoms with Gasteiger partial charge in [0.25, 0.3) is 5.91 Å². The van der Waals surface area contributed by atoms with Crippen molar-refractivity contribution >= 4 is 23.4 Å². The van der Waals surface area contributed by atoms with E-state index in [0.717, 1.165) is 30.2 Å². The van der Waals surface area contributed by atoms with Gasteiger partial charge in [0, 0.05) is 16.1 Å². The smallest absolute Gasteiger partial charge is 0.251 e. The second kappa shape index (κ2) is 9.02. The lowest BCUT2D eigenvalue weighted by Gasteiger charge is -2.32. The second-order valence-electron chi connectivity index (χ2n) is 6.99. The van der Waals surface area contributed by atoms with Gasteiger partial charge in [-0.3, -0.25) is 9.59 Å². The number of nitrogens with one attached hydrogen (secondary N) is 2. The zero-order chi connectivity index (χ0) is 19.2. The minimum Gasteiger partial charge on any atom is -0.343 e. The van der Waals surface area contributed by atoms with Gasteiger partial charge in [0.1, 0.15) is 6.54 Å². The summed E-state index contributed by atoms with van der Waals surface area (Å²) in [6, 6.07) is 15.3. The third-order valence-electron chi connectivity index (χ3n) is 4.85. The number of rotatable bonds is 5. The van der Waals surface area contributed by atoms with Gasteiger partial charge in [0.15, 0.2) is 0 Å². The molecule has 0 aromatic heterocycles. The van der Waals surface area contributed by atoms with Crippen molar-refractivity contribution in [3.8, 4) is 0 Å². The highest BCUT2D eigenvalue weighted by molar-refractivity contribution is 6.30. The molecule has 0 spiro atoms. The summed E-state index contributed by atoms with van der Waals surface area (Å²) in [6.07, 6.45) is 0. The molecule has 2 amide bonds. The summed E-state index contributed by atoms with van der Waals surface area (Å²) in [7, 11) is 0. The molecule has 27 heavy (non-hydrogen) atoms. The number of carbonyl (C=O) groups excluding carboxylic acids is 2. The summed E-state index contributed by atoms with van der Waals surface area (Å²) < 4.78 is 0. The lowest BCUT2D eigenvalue weighted by atomic mass is 10.1. The molecule has 6 heteroatoms. The van der Waals surface area contributed by atoms with E-state index in [1.807, 2.05) is 48.2 Å². The number of carbonyl (C=O) groups is 2. The van der Waals surface area contributed by atoms with Crippen molar-refractivity contribution in [3.05, 3.63) is 70.2 Å². The maximum Gasteiger partial charge on any atom is 0.251 e. The normalized spacial score (nSPS) is 14.8. The van der Waals surface area contributed by atoms with Gasteiger partial charge in [-0.15, -0.1) is 0 Å². The molecule has 0 unspecified atom stereocenters. The number of piperazine rings is 1. The number of aryl methyl sites for hydroxylation is 1. The van der Waals surface area contributed by atoms with Crippen molar-refractivity contribution in [1.29, 1.82) is 0 Å². The molecule has 1 fully saturated rings. The molecule has 0 atom stereocenters. The lowest BCUT2D eigenvalue weighted by molar-refractivity contribution is -0.917. The molecule has 1 aliphatic rings. The third kappa shape index (κ3) is 5.55. The van der Waals surface area contributed by atoms with E-state index < -0.39 is 0 Å². The molecule has 0 saturated carbocycles. The van der Waals surface area contributed by atoms with Gasteiger partial charge in [0.2, 0.25) is 5.91 Å². The molecule has 0 aliphatic carbocycles. The van der Waals surface area contributed by atoms with Crippen molar-refractivity contribution in [2.75, 3.05) is 32.7 Å². The first-order valence-electron chi connectivity index (χ1n) is 9.22. The predicted octanol–water partition coefficient (Wildman–Crippen LogP) is 1.31. The first-order valence-corrected chi connectivity index (χ1v) is 9.60. The highest BCUT2D eigenvalue weighted by Gasteiger charge is 2.24. The molecule has 2 aromatic rings. The number of hydrogen-bond donors (Lipinski definition) is 2. The maximum absolute atomic E-state index is 12.4. The minimum atomic E-state index is -0.211. The summed E-state index contributed by atoms with van der Waals surface area (Å²) in [6.45, 7) is 6.08. The SMILES string of the molecule is Cc1cccc(C(=O)NCC(=O)N2CC[NH+](Cc3cccc(Cl)c3)CC2)c1. The van der Waals surface area contributed by atoms with E-state index in [0.29, 0.717) is 18.7 Å². The summed E-state index contributed by atoms with van der Waals surface area (Å²) in [5.41, 5.74) is 2.81. The molecule has 5 nitrogen and oxygen atoms in total. The Morgan fingerprint density at radius 3 is 2.56 bits per heavy atom. The van der Waals surface area contributed by atoms with E-state index in [1.165, 1.54) is 10.5 Å². The number of halogens is 1. The van der Waals surface area contributed by atoms with Crippen molar-refractivity contribution in [2.24, 2.45) is 0 Å². The molecule has 2 aromatic carbocycles. The molecule has 1 heterocycles. The zero-order valence-electron chi connectivity index (χ0n) is 15.5. The average molecular weight is 387 g/mol. The standard InChI is InChI=1S/C21H24ClN3O2/c1-16-4-2-6-18(12-16)21(27)23-14-20(26)25-10-8-24(9-11-25)15-17-5-3-7-19(22)13-17/h2-7,12-13H,8-11,14-15H2,1H3,(H,23,27)/p+1. The van der Waals surface area contributed by atoms with E-state index in [9.17, 15) is 9.59 Å².